The Morgan fingerprint density at radius 3 is 2.34 bits per heavy atom. The number of anilines is 2. The Balaban J connectivity index is 2.13. The molecule has 3 aromatic rings. The van der Waals surface area contributed by atoms with Gasteiger partial charge >= 0.3 is 5.97 Å². The SMILES string of the molecule is CN(C)c1cccc(Oc2nc(Oc3cc(C(=N)N)ccc3O)c(F)c(N(C)CC(=O)O)c2F)c1. The smallest absolute Gasteiger partial charge is 0.323 e. The summed E-state index contributed by atoms with van der Waals surface area (Å²) in [5, 5.41) is 26.8. The van der Waals surface area contributed by atoms with Crippen molar-refractivity contribution >= 4 is 23.2 Å². The Morgan fingerprint density at radius 1 is 1.09 bits per heavy atom. The number of nitrogen functional groups attached to an aromatic ring is 1. The number of nitrogens with two attached hydrogens (primary N) is 1. The molecular formula is C23H23F2N5O5. The van der Waals surface area contributed by atoms with Gasteiger partial charge in [-0.05, 0) is 30.3 Å². The zero-order valence-electron chi connectivity index (χ0n) is 19.0. The molecule has 12 heteroatoms. The van der Waals surface area contributed by atoms with Crippen LogP contribution in [0.15, 0.2) is 42.5 Å². The van der Waals surface area contributed by atoms with Crippen molar-refractivity contribution in [2.45, 2.75) is 0 Å². The molecule has 3 rings (SSSR count). The lowest BCUT2D eigenvalue weighted by molar-refractivity contribution is -0.135. The predicted octanol–water partition coefficient (Wildman–Crippen LogP) is 3.52. The molecule has 0 unspecified atom stereocenters. The molecule has 0 atom stereocenters. The molecule has 0 radical (unpaired) electrons. The maximum atomic E-state index is 15.3. The maximum Gasteiger partial charge on any atom is 0.323 e. The quantitative estimate of drug-likeness (QED) is 0.263. The summed E-state index contributed by atoms with van der Waals surface area (Å²) < 4.78 is 41.6. The van der Waals surface area contributed by atoms with Crippen LogP contribution >= 0.6 is 0 Å². The number of phenolic OH excluding ortho intramolecular Hbond substituents is 1. The molecular weight excluding hydrogens is 464 g/mol. The van der Waals surface area contributed by atoms with Crippen molar-refractivity contribution in [2.24, 2.45) is 5.73 Å². The Labute approximate surface area is 199 Å². The normalized spacial score (nSPS) is 10.5. The summed E-state index contributed by atoms with van der Waals surface area (Å²) in [6.45, 7) is -0.738. The van der Waals surface area contributed by atoms with Gasteiger partial charge in [-0.3, -0.25) is 10.2 Å². The van der Waals surface area contributed by atoms with Crippen molar-refractivity contribution in [3.05, 3.63) is 59.7 Å². The highest BCUT2D eigenvalue weighted by Crippen LogP contribution is 2.39. The van der Waals surface area contributed by atoms with Crippen LogP contribution in [0.25, 0.3) is 0 Å². The van der Waals surface area contributed by atoms with Gasteiger partial charge in [-0.1, -0.05) is 6.07 Å². The fraction of sp³-hybridized carbons (Fsp3) is 0.174. The molecule has 0 aliphatic carbocycles. The Hall–Kier alpha value is -4.61. The van der Waals surface area contributed by atoms with Crippen LogP contribution in [-0.2, 0) is 4.79 Å². The number of amidine groups is 1. The zero-order chi connectivity index (χ0) is 25.9. The third-order valence-corrected chi connectivity index (χ3v) is 4.77. The maximum absolute atomic E-state index is 15.3. The van der Waals surface area contributed by atoms with Crippen LogP contribution in [0.3, 0.4) is 0 Å². The van der Waals surface area contributed by atoms with E-state index in [1.165, 1.54) is 31.3 Å². The number of likely N-dealkylation sites (N-methyl/N-ethyl adjacent to an activating group) is 1. The van der Waals surface area contributed by atoms with Crippen molar-refractivity contribution in [3.8, 4) is 29.0 Å². The molecule has 0 amide bonds. The first kappa shape index (κ1) is 25.0. The van der Waals surface area contributed by atoms with Crippen LogP contribution in [0.4, 0.5) is 20.2 Å². The average Bonchev–Trinajstić information content (AvgIpc) is 2.78. The number of aromatic hydroxyl groups is 1. The van der Waals surface area contributed by atoms with Crippen LogP contribution in [0.5, 0.6) is 29.0 Å². The van der Waals surface area contributed by atoms with Gasteiger partial charge in [0.1, 0.15) is 23.8 Å². The van der Waals surface area contributed by atoms with E-state index in [9.17, 15) is 9.90 Å². The van der Waals surface area contributed by atoms with Gasteiger partial charge in [-0.25, -0.2) is 0 Å². The number of pyridine rings is 1. The van der Waals surface area contributed by atoms with Crippen LogP contribution in [0, 0.1) is 17.0 Å². The lowest BCUT2D eigenvalue weighted by Gasteiger charge is -2.21. The van der Waals surface area contributed by atoms with Crippen LogP contribution < -0.4 is 25.0 Å². The summed E-state index contributed by atoms with van der Waals surface area (Å²) in [7, 11) is 4.76. The number of hydrogen-bond acceptors (Lipinski definition) is 8. The number of carbonyl (C=O) groups is 1. The van der Waals surface area contributed by atoms with E-state index in [-0.39, 0.29) is 22.9 Å². The minimum atomic E-state index is -1.33. The lowest BCUT2D eigenvalue weighted by Crippen LogP contribution is -2.27. The van der Waals surface area contributed by atoms with E-state index in [0.29, 0.717) is 0 Å². The Morgan fingerprint density at radius 2 is 1.74 bits per heavy atom. The number of nitrogens with one attached hydrogen (secondary N) is 1. The van der Waals surface area contributed by atoms with Crippen molar-refractivity contribution in [1.82, 2.24) is 4.98 Å². The van der Waals surface area contributed by atoms with E-state index in [1.54, 1.807) is 37.2 Å². The third kappa shape index (κ3) is 5.66. The molecule has 0 aliphatic heterocycles. The van der Waals surface area contributed by atoms with Gasteiger partial charge in [0, 0.05) is 38.5 Å². The van der Waals surface area contributed by atoms with Gasteiger partial charge < -0.3 is 35.2 Å². The topological polar surface area (TPSA) is 145 Å². The molecule has 0 aliphatic rings. The Bertz CT molecular complexity index is 1290. The molecule has 1 heterocycles. The molecule has 35 heavy (non-hydrogen) atoms. The molecule has 0 saturated heterocycles. The second-order valence-electron chi connectivity index (χ2n) is 7.64. The minimum absolute atomic E-state index is 0.167. The van der Waals surface area contributed by atoms with Gasteiger partial charge in [0.15, 0.2) is 11.5 Å². The summed E-state index contributed by atoms with van der Waals surface area (Å²) in [6, 6.07) is 10.3. The number of benzene rings is 2. The van der Waals surface area contributed by atoms with Crippen molar-refractivity contribution in [1.29, 1.82) is 5.41 Å². The number of aromatic nitrogens is 1. The first-order valence-electron chi connectivity index (χ1n) is 10.1. The van der Waals surface area contributed by atoms with Gasteiger partial charge in [0.05, 0.1) is 0 Å². The second kappa shape index (κ2) is 10.1. The molecule has 5 N–H and O–H groups in total. The number of hydrogen-bond donors (Lipinski definition) is 4. The summed E-state index contributed by atoms with van der Waals surface area (Å²) in [5.74, 6) is -6.31. The number of nitrogens with zero attached hydrogens (tertiary/aromatic N) is 3. The van der Waals surface area contributed by atoms with E-state index in [0.717, 1.165) is 10.6 Å². The Kier molecular flexibility index (Phi) is 7.23. The molecule has 0 spiro atoms. The molecule has 0 saturated carbocycles. The molecule has 184 valence electrons. The number of carboxylic acids is 1. The van der Waals surface area contributed by atoms with Crippen molar-refractivity contribution < 1.29 is 33.3 Å². The fourth-order valence-electron chi connectivity index (χ4n) is 3.05. The van der Waals surface area contributed by atoms with E-state index in [2.05, 4.69) is 4.98 Å². The highest BCUT2D eigenvalue weighted by molar-refractivity contribution is 5.95. The number of carboxylic acid groups (broad SMARTS) is 1. The number of phenols is 1. The standard InChI is InChI=1S/C23H23F2N5O5/c1-29(2)13-5-4-6-14(10-13)34-22-18(24)20(30(3)11-17(32)33)19(25)23(28-22)35-16-9-12(21(26)27)7-8-15(16)31/h4-10,31H,11H2,1-3H3,(H3,26,27)(H,32,33). The third-order valence-electron chi connectivity index (χ3n) is 4.77. The molecule has 10 nitrogen and oxygen atoms in total. The van der Waals surface area contributed by atoms with E-state index in [4.69, 9.17) is 25.7 Å². The average molecular weight is 487 g/mol. The van der Waals surface area contributed by atoms with Gasteiger partial charge in [-0.15, -0.1) is 0 Å². The highest BCUT2D eigenvalue weighted by Gasteiger charge is 2.27. The van der Waals surface area contributed by atoms with Crippen molar-refractivity contribution in [2.75, 3.05) is 37.5 Å². The second-order valence-corrected chi connectivity index (χ2v) is 7.64. The van der Waals surface area contributed by atoms with E-state index < -0.39 is 47.3 Å². The van der Waals surface area contributed by atoms with Gasteiger partial charge in [-0.2, -0.15) is 13.8 Å². The molecule has 0 bridgehead atoms. The number of aliphatic carboxylic acids is 1. The lowest BCUT2D eigenvalue weighted by atomic mass is 10.2. The first-order valence-corrected chi connectivity index (χ1v) is 10.1. The molecule has 1 aromatic heterocycles. The molecule has 2 aromatic carbocycles. The highest BCUT2D eigenvalue weighted by atomic mass is 19.1. The van der Waals surface area contributed by atoms with Crippen LogP contribution in [0.2, 0.25) is 0 Å². The van der Waals surface area contributed by atoms with Gasteiger partial charge in [0.2, 0.25) is 11.6 Å². The zero-order valence-corrected chi connectivity index (χ0v) is 19.0. The summed E-state index contributed by atoms with van der Waals surface area (Å²) >= 11 is 0. The first-order chi connectivity index (χ1) is 16.5. The largest absolute Gasteiger partial charge is 0.504 e. The van der Waals surface area contributed by atoms with E-state index >= 15 is 8.78 Å². The minimum Gasteiger partial charge on any atom is -0.504 e. The monoisotopic (exact) mass is 487 g/mol. The van der Waals surface area contributed by atoms with Crippen molar-refractivity contribution in [3.63, 3.8) is 0 Å². The fourth-order valence-corrected chi connectivity index (χ4v) is 3.05. The molecule has 0 fully saturated rings. The number of halogens is 2. The number of rotatable bonds is 9. The summed E-state index contributed by atoms with van der Waals surface area (Å²) in [6.07, 6.45) is 0. The number of ether oxygens (including phenoxy) is 2. The van der Waals surface area contributed by atoms with Crippen LogP contribution in [0.1, 0.15) is 5.56 Å². The van der Waals surface area contributed by atoms with Gasteiger partial charge in [0.25, 0.3) is 11.8 Å². The summed E-state index contributed by atoms with van der Waals surface area (Å²) in [5.41, 5.74) is 5.58. The predicted molar refractivity (Wildman–Crippen MR) is 125 cm³/mol. The van der Waals surface area contributed by atoms with Crippen LogP contribution in [-0.4, -0.2) is 54.7 Å². The van der Waals surface area contributed by atoms with E-state index in [1.807, 2.05) is 0 Å². The summed E-state index contributed by atoms with van der Waals surface area (Å²) in [4.78, 5) is 17.6.